The lowest BCUT2D eigenvalue weighted by Crippen LogP contribution is -2.30. The third-order valence-electron chi connectivity index (χ3n) is 2.71. The quantitative estimate of drug-likeness (QED) is 0.799. The van der Waals surface area contributed by atoms with Crippen molar-refractivity contribution in [2.24, 2.45) is 5.92 Å². The highest BCUT2D eigenvalue weighted by Crippen LogP contribution is 2.27. The first-order chi connectivity index (χ1) is 8.56. The van der Waals surface area contributed by atoms with Gasteiger partial charge in [0.15, 0.2) is 0 Å². The number of halogens is 1. The fraction of sp³-hybridized carbons (Fsp3) is 0.333. The standard InChI is InChI=1S/C12H13BrN2O3/c13-8-3-4-10(9(5-8)11(16)17)15-12(18)14-6-7-1-2-7/h3-5,7H,1-2,6H2,(H,16,17)(H2,14,15,18). The van der Waals surface area contributed by atoms with Gasteiger partial charge >= 0.3 is 12.0 Å². The predicted molar refractivity (Wildman–Crippen MR) is 70.8 cm³/mol. The van der Waals surface area contributed by atoms with Crippen molar-refractivity contribution >= 4 is 33.6 Å². The molecule has 96 valence electrons. The summed E-state index contributed by atoms with van der Waals surface area (Å²) >= 11 is 3.20. The average molecular weight is 313 g/mol. The largest absolute Gasteiger partial charge is 0.478 e. The molecule has 0 bridgehead atoms. The second-order valence-electron chi connectivity index (χ2n) is 4.27. The number of urea groups is 1. The molecule has 0 atom stereocenters. The maximum absolute atomic E-state index is 11.6. The summed E-state index contributed by atoms with van der Waals surface area (Å²) < 4.78 is 0.656. The molecular formula is C12H13BrN2O3. The van der Waals surface area contributed by atoms with Crippen LogP contribution in [0.5, 0.6) is 0 Å². The van der Waals surface area contributed by atoms with Crippen molar-refractivity contribution < 1.29 is 14.7 Å². The topological polar surface area (TPSA) is 78.4 Å². The number of carbonyl (C=O) groups is 2. The highest BCUT2D eigenvalue weighted by molar-refractivity contribution is 9.10. The van der Waals surface area contributed by atoms with Gasteiger partial charge < -0.3 is 15.7 Å². The number of anilines is 1. The van der Waals surface area contributed by atoms with Gasteiger partial charge in [-0.3, -0.25) is 0 Å². The van der Waals surface area contributed by atoms with Gasteiger partial charge in [-0.15, -0.1) is 0 Å². The van der Waals surface area contributed by atoms with E-state index in [4.69, 9.17) is 5.11 Å². The zero-order valence-corrected chi connectivity index (χ0v) is 11.2. The van der Waals surface area contributed by atoms with Crippen LogP contribution in [-0.4, -0.2) is 23.7 Å². The molecule has 2 rings (SSSR count). The Morgan fingerprint density at radius 2 is 2.11 bits per heavy atom. The van der Waals surface area contributed by atoms with Crippen molar-refractivity contribution in [3.05, 3.63) is 28.2 Å². The van der Waals surface area contributed by atoms with Gasteiger partial charge in [0.1, 0.15) is 0 Å². The number of benzene rings is 1. The number of amides is 2. The minimum Gasteiger partial charge on any atom is -0.478 e. The van der Waals surface area contributed by atoms with Crippen molar-refractivity contribution in [3.63, 3.8) is 0 Å². The molecule has 6 heteroatoms. The summed E-state index contributed by atoms with van der Waals surface area (Å²) in [5, 5.41) is 14.3. The molecule has 1 aromatic carbocycles. The van der Waals surface area contributed by atoms with E-state index >= 15 is 0 Å². The lowest BCUT2D eigenvalue weighted by Gasteiger charge is -2.09. The van der Waals surface area contributed by atoms with Crippen LogP contribution in [0.2, 0.25) is 0 Å². The van der Waals surface area contributed by atoms with Crippen LogP contribution in [0.15, 0.2) is 22.7 Å². The van der Waals surface area contributed by atoms with E-state index in [2.05, 4.69) is 26.6 Å². The maximum Gasteiger partial charge on any atom is 0.337 e. The molecule has 0 heterocycles. The van der Waals surface area contributed by atoms with Crippen LogP contribution < -0.4 is 10.6 Å². The molecule has 1 saturated carbocycles. The second-order valence-corrected chi connectivity index (χ2v) is 5.19. The molecule has 3 N–H and O–H groups in total. The Labute approximate surface area is 113 Å². The van der Waals surface area contributed by atoms with Crippen molar-refractivity contribution in [2.45, 2.75) is 12.8 Å². The van der Waals surface area contributed by atoms with Crippen LogP contribution in [0, 0.1) is 5.92 Å². The van der Waals surface area contributed by atoms with E-state index in [1.54, 1.807) is 12.1 Å². The Balaban J connectivity index is 2.02. The van der Waals surface area contributed by atoms with Gasteiger partial charge in [-0.2, -0.15) is 0 Å². The van der Waals surface area contributed by atoms with E-state index < -0.39 is 5.97 Å². The van der Waals surface area contributed by atoms with Gasteiger partial charge in [0.05, 0.1) is 11.3 Å². The van der Waals surface area contributed by atoms with Crippen LogP contribution in [0.25, 0.3) is 0 Å². The monoisotopic (exact) mass is 312 g/mol. The SMILES string of the molecule is O=C(NCC1CC1)Nc1ccc(Br)cc1C(=O)O. The summed E-state index contributed by atoms with van der Waals surface area (Å²) in [6.07, 6.45) is 2.30. The van der Waals surface area contributed by atoms with E-state index in [0.29, 0.717) is 22.6 Å². The highest BCUT2D eigenvalue weighted by atomic mass is 79.9. The van der Waals surface area contributed by atoms with E-state index in [1.165, 1.54) is 6.07 Å². The fourth-order valence-corrected chi connectivity index (χ4v) is 1.89. The summed E-state index contributed by atoms with van der Waals surface area (Å²) in [4.78, 5) is 22.6. The van der Waals surface area contributed by atoms with E-state index in [-0.39, 0.29) is 11.6 Å². The fourth-order valence-electron chi connectivity index (χ4n) is 1.53. The number of hydrogen-bond acceptors (Lipinski definition) is 2. The zero-order chi connectivity index (χ0) is 13.1. The van der Waals surface area contributed by atoms with Gasteiger partial charge in [0.25, 0.3) is 0 Å². The first kappa shape index (κ1) is 12.9. The zero-order valence-electron chi connectivity index (χ0n) is 9.57. The average Bonchev–Trinajstić information content (AvgIpc) is 3.12. The number of rotatable bonds is 4. The Kier molecular flexibility index (Phi) is 3.86. The highest BCUT2D eigenvalue weighted by Gasteiger charge is 2.22. The number of nitrogens with one attached hydrogen (secondary N) is 2. The van der Waals surface area contributed by atoms with E-state index in [0.717, 1.165) is 12.8 Å². The van der Waals surface area contributed by atoms with Gasteiger partial charge in [-0.25, -0.2) is 9.59 Å². The number of carboxylic acids is 1. The number of aromatic carboxylic acids is 1. The molecule has 1 fully saturated rings. The summed E-state index contributed by atoms with van der Waals surface area (Å²) in [6, 6.07) is 4.33. The number of carbonyl (C=O) groups excluding carboxylic acids is 1. The molecule has 2 amide bonds. The van der Waals surface area contributed by atoms with Crippen molar-refractivity contribution in [2.75, 3.05) is 11.9 Å². The summed E-state index contributed by atoms with van der Waals surface area (Å²) in [6.45, 7) is 0.644. The van der Waals surface area contributed by atoms with Crippen molar-refractivity contribution in [3.8, 4) is 0 Å². The van der Waals surface area contributed by atoms with Gasteiger partial charge in [-0.05, 0) is 37.0 Å². The molecule has 0 spiro atoms. The van der Waals surface area contributed by atoms with Crippen LogP contribution in [0.4, 0.5) is 10.5 Å². The summed E-state index contributed by atoms with van der Waals surface area (Å²) in [5.74, 6) is -0.492. The first-order valence-corrected chi connectivity index (χ1v) is 6.43. The molecule has 0 saturated heterocycles. The molecule has 18 heavy (non-hydrogen) atoms. The van der Waals surface area contributed by atoms with Crippen LogP contribution in [0.1, 0.15) is 23.2 Å². The molecule has 5 nitrogen and oxygen atoms in total. The maximum atomic E-state index is 11.6. The minimum absolute atomic E-state index is 0.0611. The normalized spacial score (nSPS) is 14.1. The van der Waals surface area contributed by atoms with E-state index in [9.17, 15) is 9.59 Å². The molecule has 0 aromatic heterocycles. The first-order valence-electron chi connectivity index (χ1n) is 5.64. The third-order valence-corrected chi connectivity index (χ3v) is 3.20. The molecule has 0 radical (unpaired) electrons. The molecule has 1 aromatic rings. The number of carboxylic acid groups (broad SMARTS) is 1. The lowest BCUT2D eigenvalue weighted by atomic mass is 10.2. The Hall–Kier alpha value is -1.56. The van der Waals surface area contributed by atoms with Crippen LogP contribution in [0.3, 0.4) is 0 Å². The third kappa shape index (κ3) is 3.46. The second kappa shape index (κ2) is 5.39. The molecular weight excluding hydrogens is 300 g/mol. The van der Waals surface area contributed by atoms with E-state index in [1.807, 2.05) is 0 Å². The van der Waals surface area contributed by atoms with Crippen molar-refractivity contribution in [1.29, 1.82) is 0 Å². The minimum atomic E-state index is -1.08. The van der Waals surface area contributed by atoms with Gasteiger partial charge in [-0.1, -0.05) is 15.9 Å². The molecule has 1 aliphatic carbocycles. The Morgan fingerprint density at radius 3 is 2.72 bits per heavy atom. The molecule has 0 aliphatic heterocycles. The van der Waals surface area contributed by atoms with Crippen molar-refractivity contribution in [1.82, 2.24) is 5.32 Å². The Morgan fingerprint density at radius 1 is 1.39 bits per heavy atom. The smallest absolute Gasteiger partial charge is 0.337 e. The molecule has 0 unspecified atom stereocenters. The van der Waals surface area contributed by atoms with Crippen LogP contribution >= 0.6 is 15.9 Å². The van der Waals surface area contributed by atoms with Gasteiger partial charge in [0.2, 0.25) is 0 Å². The Bertz CT molecular complexity index is 486. The van der Waals surface area contributed by atoms with Crippen LogP contribution in [-0.2, 0) is 0 Å². The summed E-state index contributed by atoms with van der Waals surface area (Å²) in [5.41, 5.74) is 0.352. The molecule has 1 aliphatic rings. The summed E-state index contributed by atoms with van der Waals surface area (Å²) in [7, 11) is 0. The number of hydrogen-bond donors (Lipinski definition) is 3. The lowest BCUT2D eigenvalue weighted by molar-refractivity contribution is 0.0698. The van der Waals surface area contributed by atoms with Gasteiger partial charge in [0, 0.05) is 11.0 Å². The predicted octanol–water partition coefficient (Wildman–Crippen LogP) is 2.68.